The average molecular weight is 362 g/mol. The number of hydrogen-bond donors (Lipinski definition) is 3. The van der Waals surface area contributed by atoms with Crippen LogP contribution in [0.25, 0.3) is 33.7 Å². The Morgan fingerprint density at radius 3 is 2.89 bits per heavy atom. The SMILES string of the molecule is Cc1ccc(-c2[nH]nc3nc(-c4cccc(C(=O)NCCO)c4)ccc23)o1. The number of benzene rings is 1. The molecule has 0 aliphatic carbocycles. The van der Waals surface area contributed by atoms with Crippen LogP contribution in [0.4, 0.5) is 0 Å². The number of aliphatic hydroxyl groups is 1. The van der Waals surface area contributed by atoms with Crippen LogP contribution < -0.4 is 5.32 Å². The number of aromatic nitrogens is 3. The van der Waals surface area contributed by atoms with Crippen molar-refractivity contribution in [1.82, 2.24) is 20.5 Å². The number of aliphatic hydroxyl groups excluding tert-OH is 1. The Morgan fingerprint density at radius 1 is 1.22 bits per heavy atom. The Labute approximate surface area is 155 Å². The number of carbonyl (C=O) groups excluding carboxylic acids is 1. The smallest absolute Gasteiger partial charge is 0.251 e. The number of carbonyl (C=O) groups is 1. The fraction of sp³-hybridized carbons (Fsp3) is 0.150. The Bertz CT molecular complexity index is 1110. The molecule has 7 heteroatoms. The van der Waals surface area contributed by atoms with Gasteiger partial charge >= 0.3 is 0 Å². The van der Waals surface area contributed by atoms with Crippen LogP contribution in [0.1, 0.15) is 16.1 Å². The van der Waals surface area contributed by atoms with Crippen LogP contribution in [-0.4, -0.2) is 39.3 Å². The highest BCUT2D eigenvalue weighted by molar-refractivity contribution is 5.95. The van der Waals surface area contributed by atoms with Gasteiger partial charge in [0.25, 0.3) is 5.91 Å². The number of pyridine rings is 1. The van der Waals surface area contributed by atoms with Gasteiger partial charge in [-0.25, -0.2) is 4.98 Å². The summed E-state index contributed by atoms with van der Waals surface area (Å²) in [5.41, 5.74) is 3.40. The Balaban J connectivity index is 1.68. The molecule has 0 bridgehead atoms. The first kappa shape index (κ1) is 17.0. The third-order valence-electron chi connectivity index (χ3n) is 4.22. The van der Waals surface area contributed by atoms with Crippen molar-refractivity contribution in [3.63, 3.8) is 0 Å². The molecule has 0 unspecified atom stereocenters. The van der Waals surface area contributed by atoms with E-state index in [0.717, 1.165) is 22.4 Å². The van der Waals surface area contributed by atoms with Crippen molar-refractivity contribution in [3.8, 4) is 22.7 Å². The van der Waals surface area contributed by atoms with E-state index >= 15 is 0 Å². The third kappa shape index (κ3) is 3.32. The van der Waals surface area contributed by atoms with Crippen molar-refractivity contribution in [2.45, 2.75) is 6.92 Å². The minimum Gasteiger partial charge on any atom is -0.460 e. The van der Waals surface area contributed by atoms with Gasteiger partial charge in [0.05, 0.1) is 12.3 Å². The van der Waals surface area contributed by atoms with Crippen molar-refractivity contribution in [2.75, 3.05) is 13.2 Å². The molecule has 0 atom stereocenters. The van der Waals surface area contributed by atoms with Crippen LogP contribution in [0.3, 0.4) is 0 Å². The van der Waals surface area contributed by atoms with Crippen molar-refractivity contribution >= 4 is 16.9 Å². The lowest BCUT2D eigenvalue weighted by Gasteiger charge is -2.06. The van der Waals surface area contributed by atoms with Crippen molar-refractivity contribution in [3.05, 3.63) is 59.9 Å². The number of amides is 1. The lowest BCUT2D eigenvalue weighted by atomic mass is 10.1. The second-order valence-electron chi connectivity index (χ2n) is 6.14. The predicted octanol–water partition coefficient (Wildman–Crippen LogP) is 2.92. The molecule has 0 saturated carbocycles. The van der Waals surface area contributed by atoms with E-state index < -0.39 is 0 Å². The van der Waals surface area contributed by atoms with Gasteiger partial charge in [-0.3, -0.25) is 9.89 Å². The fourth-order valence-electron chi connectivity index (χ4n) is 2.91. The zero-order valence-corrected chi connectivity index (χ0v) is 14.7. The van der Waals surface area contributed by atoms with Gasteiger partial charge in [-0.05, 0) is 43.3 Å². The summed E-state index contributed by atoms with van der Waals surface area (Å²) in [4.78, 5) is 16.7. The Morgan fingerprint density at radius 2 is 2.11 bits per heavy atom. The first-order valence-corrected chi connectivity index (χ1v) is 8.57. The number of nitrogens with zero attached hydrogens (tertiary/aromatic N) is 2. The summed E-state index contributed by atoms with van der Waals surface area (Å²) in [6, 6.07) is 14.8. The van der Waals surface area contributed by atoms with Gasteiger partial charge in [-0.2, -0.15) is 5.10 Å². The molecule has 4 aromatic rings. The fourth-order valence-corrected chi connectivity index (χ4v) is 2.91. The van der Waals surface area contributed by atoms with E-state index in [1.165, 1.54) is 0 Å². The van der Waals surface area contributed by atoms with E-state index in [2.05, 4.69) is 20.5 Å². The topological polar surface area (TPSA) is 104 Å². The Kier molecular flexibility index (Phi) is 4.43. The number of aryl methyl sites for hydroxylation is 1. The summed E-state index contributed by atoms with van der Waals surface area (Å²) >= 11 is 0. The van der Waals surface area contributed by atoms with Crippen molar-refractivity contribution < 1.29 is 14.3 Å². The van der Waals surface area contributed by atoms with Gasteiger partial charge in [-0.15, -0.1) is 0 Å². The largest absolute Gasteiger partial charge is 0.460 e. The van der Waals surface area contributed by atoms with Crippen LogP contribution in [0.5, 0.6) is 0 Å². The number of nitrogens with one attached hydrogen (secondary N) is 2. The molecule has 0 fully saturated rings. The average Bonchev–Trinajstić information content (AvgIpc) is 3.31. The number of furan rings is 1. The highest BCUT2D eigenvalue weighted by Crippen LogP contribution is 2.29. The molecule has 1 amide bonds. The van der Waals surface area contributed by atoms with Crippen LogP contribution in [0.2, 0.25) is 0 Å². The van der Waals surface area contributed by atoms with Crippen LogP contribution in [0, 0.1) is 6.92 Å². The molecular formula is C20H18N4O3. The summed E-state index contributed by atoms with van der Waals surface area (Å²) in [5.74, 6) is 1.31. The van der Waals surface area contributed by atoms with Gasteiger partial charge in [0, 0.05) is 23.1 Å². The van der Waals surface area contributed by atoms with Gasteiger partial charge in [-0.1, -0.05) is 12.1 Å². The van der Waals surface area contributed by atoms with Gasteiger partial charge in [0.1, 0.15) is 11.5 Å². The molecule has 1 aromatic carbocycles. The van der Waals surface area contributed by atoms with Gasteiger partial charge in [0.2, 0.25) is 0 Å². The molecule has 0 saturated heterocycles. The molecule has 27 heavy (non-hydrogen) atoms. The van der Waals surface area contributed by atoms with Gasteiger partial charge < -0.3 is 14.8 Å². The predicted molar refractivity (Wildman–Crippen MR) is 101 cm³/mol. The van der Waals surface area contributed by atoms with Crippen molar-refractivity contribution in [2.24, 2.45) is 0 Å². The lowest BCUT2D eigenvalue weighted by Crippen LogP contribution is -2.26. The minimum atomic E-state index is -0.234. The number of H-pyrrole nitrogens is 1. The third-order valence-corrected chi connectivity index (χ3v) is 4.22. The number of rotatable bonds is 5. The van der Waals surface area contributed by atoms with Crippen LogP contribution >= 0.6 is 0 Å². The number of aromatic amines is 1. The second-order valence-corrected chi connectivity index (χ2v) is 6.14. The molecule has 0 aliphatic rings. The monoisotopic (exact) mass is 362 g/mol. The Hall–Kier alpha value is -3.45. The maximum atomic E-state index is 12.1. The highest BCUT2D eigenvalue weighted by atomic mass is 16.3. The molecule has 3 aromatic heterocycles. The first-order chi connectivity index (χ1) is 13.2. The van der Waals surface area contributed by atoms with E-state index in [9.17, 15) is 4.79 Å². The molecule has 3 heterocycles. The van der Waals surface area contributed by atoms with E-state index in [0.29, 0.717) is 22.7 Å². The van der Waals surface area contributed by atoms with E-state index in [-0.39, 0.29) is 19.1 Å². The highest BCUT2D eigenvalue weighted by Gasteiger charge is 2.13. The number of fused-ring (bicyclic) bond motifs is 1. The van der Waals surface area contributed by atoms with Crippen LogP contribution in [0.15, 0.2) is 52.9 Å². The molecule has 0 radical (unpaired) electrons. The zero-order valence-electron chi connectivity index (χ0n) is 14.7. The molecule has 136 valence electrons. The van der Waals surface area contributed by atoms with E-state index in [1.807, 2.05) is 37.3 Å². The number of hydrogen-bond acceptors (Lipinski definition) is 5. The summed E-state index contributed by atoms with van der Waals surface area (Å²) in [6.07, 6.45) is 0. The molecule has 0 spiro atoms. The lowest BCUT2D eigenvalue weighted by molar-refractivity contribution is 0.0945. The summed E-state index contributed by atoms with van der Waals surface area (Å²) in [6.45, 7) is 2.01. The van der Waals surface area contributed by atoms with E-state index in [4.69, 9.17) is 9.52 Å². The van der Waals surface area contributed by atoms with Crippen molar-refractivity contribution in [1.29, 1.82) is 0 Å². The molecular weight excluding hydrogens is 344 g/mol. The second kappa shape index (κ2) is 7.05. The normalized spacial score (nSPS) is 11.0. The standard InChI is InChI=1S/C20H18N4O3/c1-12-5-8-17(27-12)18-15-6-7-16(22-19(15)24-23-18)13-3-2-4-14(11-13)20(26)21-9-10-25/h2-8,11,25H,9-10H2,1H3,(H,21,26)(H,22,23,24). The first-order valence-electron chi connectivity index (χ1n) is 8.57. The molecule has 0 aliphatic heterocycles. The molecule has 7 nitrogen and oxygen atoms in total. The minimum absolute atomic E-state index is 0.0969. The summed E-state index contributed by atoms with van der Waals surface area (Å²) in [7, 11) is 0. The quantitative estimate of drug-likeness (QED) is 0.506. The maximum absolute atomic E-state index is 12.1. The maximum Gasteiger partial charge on any atom is 0.251 e. The van der Waals surface area contributed by atoms with Gasteiger partial charge in [0.15, 0.2) is 11.4 Å². The van der Waals surface area contributed by atoms with E-state index in [1.54, 1.807) is 18.2 Å². The molecule has 4 rings (SSSR count). The summed E-state index contributed by atoms with van der Waals surface area (Å²) in [5, 5.41) is 19.6. The summed E-state index contributed by atoms with van der Waals surface area (Å²) < 4.78 is 5.66. The zero-order chi connectivity index (χ0) is 18.8. The van der Waals surface area contributed by atoms with Crippen LogP contribution in [-0.2, 0) is 0 Å². The molecule has 3 N–H and O–H groups in total.